The summed E-state index contributed by atoms with van der Waals surface area (Å²) in [4.78, 5) is 77.5. The molecule has 4 atom stereocenters. The lowest BCUT2D eigenvalue weighted by molar-refractivity contribution is -0.141. The van der Waals surface area contributed by atoms with Crippen LogP contribution < -0.4 is 26.4 Å². The molecule has 2 aromatic rings. The SMILES string of the molecule is CC(C)c1cn(C[C@H](NC(=O)CNC(=O)CC[C@H](NS(=O)(=O)c2ccc(Cl)c(C(F)(F)F)c2)C(=O)O)C(=O)N[C@H](C(=O)N2CCC[C@H]2CC(N)=O)C(C)(C)C)nn1. The number of nitrogens with two attached hydrogens (primary N) is 1. The van der Waals surface area contributed by atoms with Crippen LogP contribution >= 0.6 is 11.6 Å². The molecule has 0 bridgehead atoms. The lowest BCUT2D eigenvalue weighted by Gasteiger charge is -2.36. The maximum Gasteiger partial charge on any atom is 0.417 e. The van der Waals surface area contributed by atoms with E-state index in [2.05, 4.69) is 26.3 Å². The normalized spacial score (nSPS) is 16.5. The van der Waals surface area contributed by atoms with E-state index >= 15 is 0 Å². The van der Waals surface area contributed by atoms with Crippen molar-refractivity contribution in [1.29, 1.82) is 0 Å². The number of nitrogens with one attached hydrogen (secondary N) is 4. The first-order valence-electron chi connectivity index (χ1n) is 17.8. The third-order valence-corrected chi connectivity index (χ3v) is 10.7. The number of rotatable bonds is 18. The van der Waals surface area contributed by atoms with Crippen LogP contribution in [0.1, 0.15) is 83.9 Å². The molecule has 3 rings (SSSR count). The van der Waals surface area contributed by atoms with E-state index in [1.807, 2.05) is 13.8 Å². The number of benzene rings is 1. The predicted octanol–water partition coefficient (Wildman–Crippen LogP) is 1.28. The third-order valence-electron chi connectivity index (χ3n) is 8.92. The van der Waals surface area contributed by atoms with Crippen molar-refractivity contribution >= 4 is 57.1 Å². The smallest absolute Gasteiger partial charge is 0.417 e. The van der Waals surface area contributed by atoms with E-state index in [1.54, 1.807) is 31.7 Å². The summed E-state index contributed by atoms with van der Waals surface area (Å²) in [7, 11) is -4.84. The van der Waals surface area contributed by atoms with Gasteiger partial charge in [0, 0.05) is 31.6 Å². The number of carbonyl (C=O) groups is 6. The fourth-order valence-electron chi connectivity index (χ4n) is 5.84. The van der Waals surface area contributed by atoms with Gasteiger partial charge in [-0.2, -0.15) is 17.9 Å². The van der Waals surface area contributed by atoms with Crippen molar-refractivity contribution in [2.24, 2.45) is 11.1 Å². The van der Waals surface area contributed by atoms with E-state index in [1.165, 1.54) is 9.58 Å². The van der Waals surface area contributed by atoms with Crippen molar-refractivity contribution in [2.45, 2.75) is 114 Å². The highest BCUT2D eigenvalue weighted by molar-refractivity contribution is 7.89. The van der Waals surface area contributed by atoms with E-state index in [0.29, 0.717) is 31.1 Å². The monoisotopic (exact) mass is 849 g/mol. The number of hydrogen-bond acceptors (Lipinski definition) is 10. The van der Waals surface area contributed by atoms with Crippen LogP contribution in [0.4, 0.5) is 13.2 Å². The fraction of sp³-hybridized carbons (Fsp3) is 0.588. The topological polar surface area (TPSA) is 265 Å². The first-order chi connectivity index (χ1) is 26.3. The van der Waals surface area contributed by atoms with Crippen LogP contribution in [-0.4, -0.2) is 106 Å². The average molecular weight is 850 g/mol. The summed E-state index contributed by atoms with van der Waals surface area (Å²) in [6.07, 6.45) is -3.62. The van der Waals surface area contributed by atoms with Gasteiger partial charge >= 0.3 is 12.1 Å². The van der Waals surface area contributed by atoms with E-state index in [4.69, 9.17) is 17.3 Å². The number of halogens is 4. The number of amides is 5. The van der Waals surface area contributed by atoms with Gasteiger partial charge in [0.15, 0.2) is 0 Å². The van der Waals surface area contributed by atoms with E-state index in [0.717, 1.165) is 6.07 Å². The van der Waals surface area contributed by atoms with Crippen molar-refractivity contribution in [3.8, 4) is 0 Å². The largest absolute Gasteiger partial charge is 0.480 e. The second-order valence-corrected chi connectivity index (χ2v) is 17.0. The average Bonchev–Trinajstić information content (AvgIpc) is 3.76. The van der Waals surface area contributed by atoms with Crippen LogP contribution in [-0.2, 0) is 51.5 Å². The molecule has 0 spiro atoms. The molecule has 316 valence electrons. The molecule has 5 amide bonds. The molecular weight excluding hydrogens is 803 g/mol. The minimum Gasteiger partial charge on any atom is -0.480 e. The van der Waals surface area contributed by atoms with Gasteiger partial charge in [-0.05, 0) is 48.8 Å². The van der Waals surface area contributed by atoms with Gasteiger partial charge in [0.1, 0.15) is 18.1 Å². The summed E-state index contributed by atoms with van der Waals surface area (Å²) in [6.45, 7) is 8.29. The maximum absolute atomic E-state index is 13.8. The van der Waals surface area contributed by atoms with Gasteiger partial charge in [-0.15, -0.1) is 5.10 Å². The van der Waals surface area contributed by atoms with Gasteiger partial charge < -0.3 is 31.7 Å². The Balaban J connectivity index is 1.70. The number of aromatic nitrogens is 3. The molecule has 1 fully saturated rings. The Kier molecular flexibility index (Phi) is 15.6. The lowest BCUT2D eigenvalue weighted by Crippen LogP contribution is -2.60. The minimum absolute atomic E-state index is 0.0248. The number of alkyl halides is 3. The summed E-state index contributed by atoms with van der Waals surface area (Å²) in [5, 5.41) is 24.4. The van der Waals surface area contributed by atoms with Crippen LogP contribution in [0.25, 0.3) is 0 Å². The van der Waals surface area contributed by atoms with Gasteiger partial charge in [-0.25, -0.2) is 13.1 Å². The second kappa shape index (κ2) is 19.1. The molecule has 1 aromatic carbocycles. The van der Waals surface area contributed by atoms with Crippen molar-refractivity contribution in [2.75, 3.05) is 13.1 Å². The molecule has 23 heteroatoms. The van der Waals surface area contributed by atoms with E-state index in [9.17, 15) is 55.5 Å². The number of carbonyl (C=O) groups excluding carboxylic acids is 5. The highest BCUT2D eigenvalue weighted by Crippen LogP contribution is 2.36. The van der Waals surface area contributed by atoms with Crippen LogP contribution in [0.5, 0.6) is 0 Å². The molecule has 1 aliphatic heterocycles. The molecule has 1 aliphatic rings. The molecule has 0 radical (unpaired) electrons. The van der Waals surface area contributed by atoms with Crippen molar-refractivity contribution in [3.05, 3.63) is 40.7 Å². The molecule has 1 aromatic heterocycles. The summed E-state index contributed by atoms with van der Waals surface area (Å²) in [5.74, 6) is -5.36. The number of carboxylic acids is 1. The number of carboxylic acid groups (broad SMARTS) is 1. The Bertz CT molecular complexity index is 1940. The minimum atomic E-state index is -5.00. The molecule has 0 unspecified atom stereocenters. The Morgan fingerprint density at radius 1 is 1.05 bits per heavy atom. The summed E-state index contributed by atoms with van der Waals surface area (Å²) in [5.41, 5.74) is 3.69. The van der Waals surface area contributed by atoms with Crippen LogP contribution in [0.3, 0.4) is 0 Å². The number of sulfonamides is 1. The van der Waals surface area contributed by atoms with Gasteiger partial charge in [0.25, 0.3) is 0 Å². The molecule has 57 heavy (non-hydrogen) atoms. The molecule has 7 N–H and O–H groups in total. The standard InChI is InChI=1S/C34H47ClF3N9O9S/c1-18(2)24-16-46(45-43-24)17-25(30(51)42-29(33(3,4)5)31(52)47-12-6-7-19(47)13-26(39)48)41-28(50)15-40-27(49)11-10-23(32(53)54)44-57(55,56)20-8-9-22(35)21(14-20)34(36,37)38/h8-9,14,16,18-19,23,25,29,44H,6-7,10-13,15,17H2,1-5H3,(H2,39,48)(H,40,49)(H,41,50)(H,42,51)(H,53,54)/t19-,23-,25-,29+/m0/s1. The Morgan fingerprint density at radius 3 is 2.28 bits per heavy atom. The van der Waals surface area contributed by atoms with Crippen LogP contribution in [0, 0.1) is 5.41 Å². The number of aliphatic carboxylic acids is 1. The number of primary amides is 1. The quantitative estimate of drug-likeness (QED) is 0.124. The maximum atomic E-state index is 13.8. The summed E-state index contributed by atoms with van der Waals surface area (Å²) in [6, 6.07) is -3.20. The number of nitrogens with zero attached hydrogens (tertiary/aromatic N) is 4. The zero-order valence-electron chi connectivity index (χ0n) is 31.9. The summed E-state index contributed by atoms with van der Waals surface area (Å²) >= 11 is 5.55. The number of hydrogen-bond donors (Lipinski definition) is 6. The van der Waals surface area contributed by atoms with Crippen molar-refractivity contribution in [3.63, 3.8) is 0 Å². The molecule has 18 nitrogen and oxygen atoms in total. The van der Waals surface area contributed by atoms with E-state index in [-0.39, 0.29) is 24.9 Å². The third kappa shape index (κ3) is 13.4. The molecule has 2 heterocycles. The highest BCUT2D eigenvalue weighted by atomic mass is 35.5. The number of likely N-dealkylation sites (tertiary alicyclic amines) is 1. The highest BCUT2D eigenvalue weighted by Gasteiger charge is 2.41. The van der Waals surface area contributed by atoms with E-state index < -0.39 is 116 Å². The molecule has 0 saturated carbocycles. The molecule has 0 aliphatic carbocycles. The first kappa shape index (κ1) is 46.6. The zero-order valence-corrected chi connectivity index (χ0v) is 33.4. The molecular formula is C34H47ClF3N9O9S. The van der Waals surface area contributed by atoms with Gasteiger partial charge in [-0.3, -0.25) is 28.8 Å². The van der Waals surface area contributed by atoms with Gasteiger partial charge in [0.05, 0.1) is 34.3 Å². The zero-order chi connectivity index (χ0) is 43.0. The Hall–Kier alpha value is -4.83. The Morgan fingerprint density at radius 2 is 1.72 bits per heavy atom. The second-order valence-electron chi connectivity index (χ2n) is 14.9. The van der Waals surface area contributed by atoms with Crippen LogP contribution in [0.15, 0.2) is 29.3 Å². The fourth-order valence-corrected chi connectivity index (χ4v) is 7.32. The van der Waals surface area contributed by atoms with Gasteiger partial charge in [-0.1, -0.05) is 51.4 Å². The van der Waals surface area contributed by atoms with Crippen molar-refractivity contribution < 1.29 is 55.5 Å². The van der Waals surface area contributed by atoms with Crippen molar-refractivity contribution in [1.82, 2.24) is 40.6 Å². The Labute approximate surface area is 331 Å². The first-order valence-corrected chi connectivity index (χ1v) is 19.6. The van der Waals surface area contributed by atoms with Crippen LogP contribution in [0.2, 0.25) is 5.02 Å². The van der Waals surface area contributed by atoms with Gasteiger partial charge in [0.2, 0.25) is 39.6 Å². The predicted molar refractivity (Wildman–Crippen MR) is 196 cm³/mol. The summed E-state index contributed by atoms with van der Waals surface area (Å²) < 4.78 is 68.5. The molecule has 1 saturated heterocycles. The lowest BCUT2D eigenvalue weighted by atomic mass is 9.85.